The van der Waals surface area contributed by atoms with Crippen LogP contribution in [-0.2, 0) is 0 Å². The molecule has 2 N–H and O–H groups in total. The maximum absolute atomic E-state index is 6.31. The number of aromatic nitrogens is 2. The number of benzene rings is 5. The van der Waals surface area contributed by atoms with E-state index in [-0.39, 0.29) is 0 Å². The van der Waals surface area contributed by atoms with E-state index in [4.69, 9.17) is 10.7 Å². The highest BCUT2D eigenvalue weighted by Gasteiger charge is 2.18. The van der Waals surface area contributed by atoms with E-state index in [1.165, 1.54) is 71.6 Å². The summed E-state index contributed by atoms with van der Waals surface area (Å²) < 4.78 is 2.10. The summed E-state index contributed by atoms with van der Waals surface area (Å²) in [6, 6.07) is 32.3. The van der Waals surface area contributed by atoms with Crippen molar-refractivity contribution in [2.75, 3.05) is 0 Å². The molecule has 0 atom stereocenters. The number of nitrogens with two attached hydrogens (primary N) is 1. The fourth-order valence-electron chi connectivity index (χ4n) is 7.27. The summed E-state index contributed by atoms with van der Waals surface area (Å²) >= 11 is 0. The summed E-state index contributed by atoms with van der Waals surface area (Å²) in [4.78, 5) is 9.12. The lowest BCUT2D eigenvalue weighted by Crippen LogP contribution is -2.19. The Morgan fingerprint density at radius 3 is 1.92 bits per heavy atom. The van der Waals surface area contributed by atoms with Gasteiger partial charge in [0, 0.05) is 18.3 Å². The predicted molar refractivity (Wildman–Crippen MR) is 281 cm³/mol. The molecule has 5 aromatic carbocycles. The zero-order chi connectivity index (χ0) is 45.9. The first-order valence-electron chi connectivity index (χ1n) is 22.0. The Morgan fingerprint density at radius 1 is 0.714 bits per heavy atom. The summed E-state index contributed by atoms with van der Waals surface area (Å²) in [6.07, 6.45) is 24.9. The molecule has 324 valence electrons. The molecular weight excluding hydrogens is 765 g/mol. The van der Waals surface area contributed by atoms with Gasteiger partial charge in [-0.15, -0.1) is 6.58 Å². The number of aliphatic imine (C=N–C) groups is 1. The molecule has 4 heteroatoms. The highest BCUT2D eigenvalue weighted by molar-refractivity contribution is 6.14. The summed E-state index contributed by atoms with van der Waals surface area (Å²) in [5.41, 5.74) is 21.0. The third kappa shape index (κ3) is 13.4. The highest BCUT2D eigenvalue weighted by Crippen LogP contribution is 2.35. The Balaban J connectivity index is 0.000000217. The molecule has 0 aliphatic heterocycles. The van der Waals surface area contributed by atoms with Gasteiger partial charge in [-0.3, -0.25) is 4.57 Å². The SMILES string of the molecule is C=CC/C=C\c1c(C)nc(C(N)=N/C=C\CC)n1/C(=C/C=C(C)C)C/C=C\C.C=Cc1c(C=C(C)C)c2ccccc2c2ccccc12.Cc1ccc(C)c(-c2ccccc2C)c1. The number of aryl methyl sites for hydroxylation is 4. The number of imidazole rings is 1. The second-order valence-electron chi connectivity index (χ2n) is 16.1. The minimum atomic E-state index is 0.403. The van der Waals surface area contributed by atoms with Gasteiger partial charge in [0.15, 0.2) is 11.7 Å². The number of allylic oxidation sites excluding steroid dienone is 10. The minimum Gasteiger partial charge on any atom is -0.381 e. The molecule has 0 bridgehead atoms. The molecule has 0 radical (unpaired) electrons. The normalized spacial score (nSPS) is 11.7. The molecule has 1 heterocycles. The number of nitrogens with zero attached hydrogens (tertiary/aromatic N) is 3. The summed E-state index contributed by atoms with van der Waals surface area (Å²) in [5.74, 6) is 1.06. The van der Waals surface area contributed by atoms with Crippen LogP contribution in [0.4, 0.5) is 0 Å². The molecule has 0 amide bonds. The van der Waals surface area contributed by atoms with E-state index in [0.717, 1.165) is 36.3 Å². The van der Waals surface area contributed by atoms with Gasteiger partial charge in [0.2, 0.25) is 0 Å². The van der Waals surface area contributed by atoms with Gasteiger partial charge in [-0.25, -0.2) is 9.98 Å². The Bertz CT molecular complexity index is 2730. The van der Waals surface area contributed by atoms with E-state index in [0.29, 0.717) is 11.7 Å². The van der Waals surface area contributed by atoms with E-state index in [1.807, 2.05) is 32.1 Å². The third-order valence-electron chi connectivity index (χ3n) is 10.4. The first-order chi connectivity index (χ1) is 30.4. The average Bonchev–Trinajstić information content (AvgIpc) is 3.60. The van der Waals surface area contributed by atoms with Gasteiger partial charge in [-0.05, 0) is 142 Å². The largest absolute Gasteiger partial charge is 0.381 e. The van der Waals surface area contributed by atoms with Crippen LogP contribution in [0, 0.1) is 27.7 Å². The number of fused-ring (bicyclic) bond motifs is 3. The topological polar surface area (TPSA) is 56.2 Å². The standard InChI is InChI=1S/C24H34N4.C20H18.C15H16/c1-7-10-13-15-22-20(6)27-24(23(25)26-18-12-9-3)28(22)21(14-11-8-2)17-16-19(4)5;1-4-15-16-9-5-6-10-17(16)18-11-7-8-12-19(18)20(15)13-14(2)3;1-11-8-9-13(3)15(10-11)14-7-5-4-6-12(14)2/h7-8,11-13,15-18H,1,9-10,14H2,2-6H3,(H2,25,26);4-13H,1H2,2-3H3;4-10H,1-3H3/b11-8-,15-13-,18-12-,21-17+;;. The van der Waals surface area contributed by atoms with E-state index >= 15 is 0 Å². The number of hydrogen-bond donors (Lipinski definition) is 1. The van der Waals surface area contributed by atoms with Crippen molar-refractivity contribution in [3.8, 4) is 11.1 Å². The fraction of sp³-hybridized carbons (Fsp3) is 0.220. The smallest absolute Gasteiger partial charge is 0.180 e. The van der Waals surface area contributed by atoms with Gasteiger partial charge in [-0.2, -0.15) is 0 Å². The molecule has 0 spiro atoms. The lowest BCUT2D eigenvalue weighted by molar-refractivity contribution is 1.00. The molecule has 0 aliphatic carbocycles. The molecule has 6 aromatic rings. The van der Waals surface area contributed by atoms with E-state index in [9.17, 15) is 0 Å². The van der Waals surface area contributed by atoms with Gasteiger partial charge in [0.05, 0.1) is 11.4 Å². The van der Waals surface area contributed by atoms with Crippen molar-refractivity contribution in [1.29, 1.82) is 0 Å². The zero-order valence-corrected chi connectivity index (χ0v) is 39.5. The maximum Gasteiger partial charge on any atom is 0.180 e. The van der Waals surface area contributed by atoms with E-state index < -0.39 is 0 Å². The number of hydrogen-bond acceptors (Lipinski definition) is 2. The van der Waals surface area contributed by atoms with Crippen LogP contribution in [0.3, 0.4) is 0 Å². The van der Waals surface area contributed by atoms with Gasteiger partial charge in [0.1, 0.15) is 0 Å². The van der Waals surface area contributed by atoms with Crippen LogP contribution in [0.2, 0.25) is 0 Å². The van der Waals surface area contributed by atoms with Crippen LogP contribution in [0.15, 0.2) is 169 Å². The third-order valence-corrected chi connectivity index (χ3v) is 10.4. The van der Waals surface area contributed by atoms with Crippen LogP contribution in [0.5, 0.6) is 0 Å². The van der Waals surface area contributed by atoms with Crippen LogP contribution in [-0.4, -0.2) is 15.4 Å². The van der Waals surface area contributed by atoms with Crippen molar-refractivity contribution in [3.63, 3.8) is 0 Å². The number of rotatable bonds is 13. The van der Waals surface area contributed by atoms with Gasteiger partial charge < -0.3 is 5.73 Å². The maximum atomic E-state index is 6.31. The van der Waals surface area contributed by atoms with Crippen molar-refractivity contribution in [2.45, 2.75) is 88.5 Å². The molecule has 0 aliphatic rings. The average molecular weight is 833 g/mol. The monoisotopic (exact) mass is 833 g/mol. The highest BCUT2D eigenvalue weighted by atomic mass is 15.1. The van der Waals surface area contributed by atoms with Gasteiger partial charge in [0.25, 0.3) is 0 Å². The molecule has 6 rings (SSSR count). The molecule has 63 heavy (non-hydrogen) atoms. The van der Waals surface area contributed by atoms with E-state index in [2.05, 4.69) is 212 Å². The van der Waals surface area contributed by atoms with Gasteiger partial charge in [-0.1, -0.05) is 170 Å². The van der Waals surface area contributed by atoms with Crippen molar-refractivity contribution in [2.24, 2.45) is 10.7 Å². The zero-order valence-electron chi connectivity index (χ0n) is 39.5. The summed E-state index contributed by atoms with van der Waals surface area (Å²) in [5, 5.41) is 5.17. The molecule has 0 saturated heterocycles. The molecule has 0 fully saturated rings. The lowest BCUT2D eigenvalue weighted by atomic mass is 9.91. The van der Waals surface area contributed by atoms with Crippen LogP contribution < -0.4 is 5.73 Å². The molecule has 1 aromatic heterocycles. The number of amidine groups is 1. The van der Waals surface area contributed by atoms with Crippen molar-refractivity contribution < 1.29 is 0 Å². The Kier molecular flexibility index (Phi) is 19.1. The first-order valence-corrected chi connectivity index (χ1v) is 22.0. The molecular formula is C59H68N4. The lowest BCUT2D eigenvalue weighted by Gasteiger charge is -2.13. The van der Waals surface area contributed by atoms with Crippen LogP contribution in [0.25, 0.3) is 56.6 Å². The predicted octanol–water partition coefficient (Wildman–Crippen LogP) is 16.5. The van der Waals surface area contributed by atoms with Crippen molar-refractivity contribution >= 4 is 51.3 Å². The minimum absolute atomic E-state index is 0.403. The molecule has 4 nitrogen and oxygen atoms in total. The van der Waals surface area contributed by atoms with Crippen molar-refractivity contribution in [1.82, 2.24) is 9.55 Å². The summed E-state index contributed by atoms with van der Waals surface area (Å²) in [7, 11) is 0. The summed E-state index contributed by atoms with van der Waals surface area (Å²) in [6.45, 7) is 28.8. The second-order valence-corrected chi connectivity index (χ2v) is 16.1. The van der Waals surface area contributed by atoms with E-state index in [1.54, 1.807) is 6.20 Å². The Morgan fingerprint density at radius 2 is 1.33 bits per heavy atom. The Hall–Kier alpha value is -6.78. The quantitative estimate of drug-likeness (QED) is 0.0414. The van der Waals surface area contributed by atoms with Crippen molar-refractivity contribution in [3.05, 3.63) is 209 Å². The second kappa shape index (κ2) is 24.6. The fourth-order valence-corrected chi connectivity index (χ4v) is 7.27. The van der Waals surface area contributed by atoms with Gasteiger partial charge >= 0.3 is 0 Å². The first kappa shape index (κ1) is 48.9. The Labute approximate surface area is 378 Å². The van der Waals surface area contributed by atoms with Crippen LogP contribution in [0.1, 0.15) is 106 Å². The molecule has 0 saturated carbocycles. The van der Waals surface area contributed by atoms with Crippen LogP contribution >= 0.6 is 0 Å². The molecule has 0 unspecified atom stereocenters.